The van der Waals surface area contributed by atoms with E-state index in [1.807, 2.05) is 42.2 Å². The fourth-order valence-electron chi connectivity index (χ4n) is 7.98. The Morgan fingerprint density at radius 2 is 1.96 bits per heavy atom. The van der Waals surface area contributed by atoms with Crippen molar-refractivity contribution in [1.82, 2.24) is 25.1 Å². The number of hydrogen-bond acceptors (Lipinski definition) is 10. The van der Waals surface area contributed by atoms with Gasteiger partial charge in [0, 0.05) is 53.5 Å². The minimum Gasteiger partial charge on any atom is -0.496 e. The van der Waals surface area contributed by atoms with Gasteiger partial charge in [0.15, 0.2) is 0 Å². The van der Waals surface area contributed by atoms with E-state index in [0.717, 1.165) is 52.6 Å². The molecule has 10 nitrogen and oxygen atoms in total. The van der Waals surface area contributed by atoms with Crippen LogP contribution in [0, 0.1) is 13.8 Å². The van der Waals surface area contributed by atoms with Crippen molar-refractivity contribution in [3.05, 3.63) is 99.3 Å². The van der Waals surface area contributed by atoms with E-state index in [1.54, 1.807) is 31.3 Å². The molecule has 10 rings (SSSR count). The molecule has 4 aliphatic rings. The first-order valence-corrected chi connectivity index (χ1v) is 18.6. The number of methoxy groups -OCH3 is 1. The van der Waals surface area contributed by atoms with Crippen LogP contribution in [-0.4, -0.2) is 57.2 Å². The lowest BCUT2D eigenvalue weighted by Crippen LogP contribution is -2.28. The summed E-state index contributed by atoms with van der Waals surface area (Å²) >= 11 is 7.13. The molecule has 270 valence electrons. The normalized spacial score (nSPS) is 19.0. The average molecular weight is 755 g/mol. The van der Waals surface area contributed by atoms with Crippen LogP contribution in [0.4, 0.5) is 14.6 Å². The summed E-state index contributed by atoms with van der Waals surface area (Å²) in [6.07, 6.45) is 3.99. The second-order valence-electron chi connectivity index (χ2n) is 13.6. The van der Waals surface area contributed by atoms with E-state index < -0.39 is 18.4 Å². The van der Waals surface area contributed by atoms with Gasteiger partial charge in [-0.1, -0.05) is 29.8 Å². The molecule has 1 aliphatic carbocycles. The van der Waals surface area contributed by atoms with Crippen molar-refractivity contribution >= 4 is 44.7 Å². The van der Waals surface area contributed by atoms with Gasteiger partial charge in [-0.15, -0.1) is 21.5 Å². The molecule has 1 saturated heterocycles. The van der Waals surface area contributed by atoms with Gasteiger partial charge in [0.1, 0.15) is 23.4 Å². The lowest BCUT2D eigenvalue weighted by atomic mass is 9.95. The van der Waals surface area contributed by atoms with Crippen molar-refractivity contribution < 1.29 is 27.5 Å². The fraction of sp³-hybridized carbons (Fsp3) is 0.308. The van der Waals surface area contributed by atoms with E-state index in [2.05, 4.69) is 20.5 Å². The fourth-order valence-corrected chi connectivity index (χ4v) is 9.30. The Balaban J connectivity index is 0.000000321. The second kappa shape index (κ2) is 12.8. The number of amides is 1. The summed E-state index contributed by atoms with van der Waals surface area (Å²) in [6, 6.07) is 13.4. The Morgan fingerprint density at radius 3 is 2.77 bits per heavy atom. The van der Waals surface area contributed by atoms with E-state index in [9.17, 15) is 4.79 Å². The van der Waals surface area contributed by atoms with Gasteiger partial charge in [-0.05, 0) is 66.6 Å². The van der Waals surface area contributed by atoms with Gasteiger partial charge in [-0.3, -0.25) is 9.78 Å². The van der Waals surface area contributed by atoms with Crippen LogP contribution >= 0.6 is 22.9 Å². The van der Waals surface area contributed by atoms with Crippen molar-refractivity contribution in [2.45, 2.75) is 57.5 Å². The lowest BCUT2D eigenvalue weighted by Gasteiger charge is -2.22. The number of thiophene rings is 1. The molecule has 7 heterocycles. The molecule has 3 aliphatic heterocycles. The standard InChI is InChI=1S/C31H26F2N6O3S.C8H7ClO/c1-14-22(29-38-37-15(2)42-29)23(24-25(35-14)19-7-5-11-39(19)30(24)40)21-12-16-9-10-34-28(26(16)43-21)36-27-17-6-4-8-20(41-3)18(17)13-31(27,32)33;9-7-2-1-6-3-4-10-8(6)5-7/h4,6,8-10,12,19,27H,5,7,11,13H2,1-3H3,(H,34,36);1-2,5H,3-4H2. The largest absolute Gasteiger partial charge is 0.496 e. The Hall–Kier alpha value is -5.14. The molecule has 1 N–H and O–H groups in total. The number of halogens is 3. The first-order valence-electron chi connectivity index (χ1n) is 17.4. The molecule has 1 fully saturated rings. The van der Waals surface area contributed by atoms with E-state index in [4.69, 9.17) is 30.5 Å². The second-order valence-corrected chi connectivity index (χ2v) is 15.1. The molecule has 0 saturated carbocycles. The van der Waals surface area contributed by atoms with E-state index >= 15 is 8.78 Å². The topological polar surface area (TPSA) is 115 Å². The van der Waals surface area contributed by atoms with Crippen LogP contribution < -0.4 is 14.8 Å². The number of aromatic nitrogens is 4. The maximum absolute atomic E-state index is 15.5. The van der Waals surface area contributed by atoms with Crippen molar-refractivity contribution in [1.29, 1.82) is 0 Å². The third-order valence-corrected chi connectivity index (χ3v) is 11.8. The van der Waals surface area contributed by atoms with Crippen molar-refractivity contribution in [3.63, 3.8) is 0 Å². The highest BCUT2D eigenvalue weighted by Gasteiger charge is 2.49. The molecule has 53 heavy (non-hydrogen) atoms. The third kappa shape index (κ3) is 5.59. The smallest absolute Gasteiger partial charge is 0.276 e. The molecule has 1 amide bonds. The van der Waals surface area contributed by atoms with Crippen LogP contribution in [-0.2, 0) is 12.8 Å². The number of benzene rings is 2. The van der Waals surface area contributed by atoms with E-state index in [1.165, 1.54) is 24.0 Å². The molecule has 6 aromatic rings. The molecule has 2 aromatic carbocycles. The summed E-state index contributed by atoms with van der Waals surface area (Å²) in [4.78, 5) is 25.9. The van der Waals surface area contributed by atoms with Crippen molar-refractivity contribution in [3.8, 4) is 33.4 Å². The highest BCUT2D eigenvalue weighted by atomic mass is 35.5. The first-order chi connectivity index (χ1) is 25.6. The van der Waals surface area contributed by atoms with Crippen LogP contribution in [0.25, 0.3) is 32.0 Å². The molecule has 2 atom stereocenters. The predicted octanol–water partition coefficient (Wildman–Crippen LogP) is 8.94. The zero-order valence-corrected chi connectivity index (χ0v) is 30.6. The number of ether oxygens (including phenoxy) is 2. The number of nitrogens with zero attached hydrogens (tertiary/aromatic N) is 5. The molecule has 0 radical (unpaired) electrons. The zero-order chi connectivity index (χ0) is 36.6. The molecule has 0 bridgehead atoms. The maximum atomic E-state index is 15.5. The summed E-state index contributed by atoms with van der Waals surface area (Å²) < 4.78 is 48.1. The quantitative estimate of drug-likeness (QED) is 0.184. The highest BCUT2D eigenvalue weighted by molar-refractivity contribution is 7.23. The van der Waals surface area contributed by atoms with Gasteiger partial charge in [-0.25, -0.2) is 13.8 Å². The third-order valence-electron chi connectivity index (χ3n) is 10.3. The van der Waals surface area contributed by atoms with Crippen molar-refractivity contribution in [2.24, 2.45) is 0 Å². The van der Waals surface area contributed by atoms with Gasteiger partial charge in [-0.2, -0.15) is 0 Å². The summed E-state index contributed by atoms with van der Waals surface area (Å²) in [5.41, 5.74) is 5.52. The number of anilines is 1. The average Bonchev–Trinajstić information content (AvgIpc) is 3.99. The number of fused-ring (bicyclic) bond motifs is 6. The van der Waals surface area contributed by atoms with Crippen molar-refractivity contribution in [2.75, 3.05) is 25.6 Å². The minimum atomic E-state index is -3.05. The van der Waals surface area contributed by atoms with Crippen LogP contribution in [0.1, 0.15) is 69.3 Å². The van der Waals surface area contributed by atoms with Gasteiger partial charge in [0.25, 0.3) is 11.8 Å². The minimum absolute atomic E-state index is 0.0617. The van der Waals surface area contributed by atoms with Gasteiger partial charge < -0.3 is 24.1 Å². The number of hydrogen-bond donors (Lipinski definition) is 1. The molecule has 0 spiro atoms. The van der Waals surface area contributed by atoms with Crippen LogP contribution in [0.2, 0.25) is 5.02 Å². The summed E-state index contributed by atoms with van der Waals surface area (Å²) in [5, 5.41) is 12.9. The van der Waals surface area contributed by atoms with Crippen LogP contribution in [0.5, 0.6) is 11.5 Å². The Morgan fingerprint density at radius 1 is 1.09 bits per heavy atom. The number of rotatable bonds is 5. The number of pyridine rings is 2. The number of aryl methyl sites for hydroxylation is 2. The zero-order valence-electron chi connectivity index (χ0n) is 29.0. The Labute approximate surface area is 312 Å². The predicted molar refractivity (Wildman–Crippen MR) is 197 cm³/mol. The van der Waals surface area contributed by atoms with Gasteiger partial charge in [0.2, 0.25) is 11.8 Å². The Bertz CT molecular complexity index is 2450. The highest BCUT2D eigenvalue weighted by Crippen LogP contribution is 2.52. The van der Waals surface area contributed by atoms with E-state index in [0.29, 0.717) is 62.2 Å². The summed E-state index contributed by atoms with van der Waals surface area (Å²) in [5.74, 6) is -0.693. The molecule has 4 aromatic heterocycles. The van der Waals surface area contributed by atoms with Gasteiger partial charge >= 0.3 is 0 Å². The number of carbonyl (C=O) groups is 1. The lowest BCUT2D eigenvalue weighted by molar-refractivity contribution is -0.00734. The number of carbonyl (C=O) groups excluding carboxylic acids is 1. The van der Waals surface area contributed by atoms with Crippen LogP contribution in [0.15, 0.2) is 59.1 Å². The molecular formula is C39H33ClF2N6O4S. The molecular weight excluding hydrogens is 722 g/mol. The maximum Gasteiger partial charge on any atom is 0.276 e. The number of alkyl halides is 2. The first kappa shape index (κ1) is 33.7. The summed E-state index contributed by atoms with van der Waals surface area (Å²) in [6.45, 7) is 5.08. The summed E-state index contributed by atoms with van der Waals surface area (Å²) in [7, 11) is 1.49. The van der Waals surface area contributed by atoms with E-state index in [-0.39, 0.29) is 17.8 Å². The molecule has 14 heteroatoms. The number of nitrogens with one attached hydrogen (secondary N) is 1. The SMILES string of the molecule is COc1cccc2c1CC(F)(F)C2Nc1nccc2cc(-c3c4c(nc(C)c3-c3nnc(C)o3)C3CCCN3C4=O)sc12.Clc1ccc2c(c1)OCC2. The Kier molecular flexibility index (Phi) is 8.11. The van der Waals surface area contributed by atoms with Gasteiger partial charge in [0.05, 0.1) is 47.0 Å². The van der Waals surface area contributed by atoms with Crippen LogP contribution in [0.3, 0.4) is 0 Å². The monoisotopic (exact) mass is 754 g/mol. The molecule has 2 unspecified atom stereocenters.